The second kappa shape index (κ2) is 8.77. The number of carbonyl (C=O) groups is 2. The predicted octanol–water partition coefficient (Wildman–Crippen LogP) is 2.25. The van der Waals surface area contributed by atoms with Gasteiger partial charge in [0.05, 0.1) is 0 Å². The number of benzene rings is 2. The first-order valence-corrected chi connectivity index (χ1v) is 7.63. The monoisotopic (exact) mass is 348 g/mol. The summed E-state index contributed by atoms with van der Waals surface area (Å²) >= 11 is 0. The molecular formula is C18H18F2N2O3. The lowest BCUT2D eigenvalue weighted by atomic mass is 10.2. The molecule has 0 saturated heterocycles. The SMILES string of the molecule is NC(=O)CCN(Cc1ccccc1)C(=O)COc1ccc(F)cc1F. The van der Waals surface area contributed by atoms with E-state index in [1.165, 1.54) is 4.90 Å². The molecule has 132 valence electrons. The minimum absolute atomic E-state index is 0.00346. The van der Waals surface area contributed by atoms with Gasteiger partial charge in [0.1, 0.15) is 5.82 Å². The van der Waals surface area contributed by atoms with E-state index in [-0.39, 0.29) is 25.3 Å². The fourth-order valence-corrected chi connectivity index (χ4v) is 2.16. The molecule has 7 heteroatoms. The summed E-state index contributed by atoms with van der Waals surface area (Å²) in [4.78, 5) is 24.8. The number of primary amides is 1. The van der Waals surface area contributed by atoms with Gasteiger partial charge in [0, 0.05) is 25.6 Å². The van der Waals surface area contributed by atoms with Crippen LogP contribution in [0.2, 0.25) is 0 Å². The normalized spacial score (nSPS) is 10.3. The van der Waals surface area contributed by atoms with E-state index in [1.807, 2.05) is 30.3 Å². The molecule has 2 rings (SSSR count). The zero-order valence-electron chi connectivity index (χ0n) is 13.5. The summed E-state index contributed by atoms with van der Waals surface area (Å²) in [7, 11) is 0. The quantitative estimate of drug-likeness (QED) is 0.795. The van der Waals surface area contributed by atoms with Gasteiger partial charge >= 0.3 is 0 Å². The standard InChI is InChI=1S/C18H18F2N2O3/c19-14-6-7-16(15(20)10-14)25-12-18(24)22(9-8-17(21)23)11-13-4-2-1-3-5-13/h1-7,10H,8-9,11-12H2,(H2,21,23). The van der Waals surface area contributed by atoms with Gasteiger partial charge in [-0.25, -0.2) is 8.78 Å². The molecule has 0 spiro atoms. The molecular weight excluding hydrogens is 330 g/mol. The van der Waals surface area contributed by atoms with Crippen LogP contribution >= 0.6 is 0 Å². The molecule has 0 unspecified atom stereocenters. The zero-order chi connectivity index (χ0) is 18.2. The van der Waals surface area contributed by atoms with E-state index in [2.05, 4.69) is 0 Å². The Labute approximate surface area is 144 Å². The number of rotatable bonds is 8. The first-order chi connectivity index (χ1) is 12.0. The van der Waals surface area contributed by atoms with Gasteiger partial charge in [0.2, 0.25) is 5.91 Å². The van der Waals surface area contributed by atoms with Crippen molar-refractivity contribution in [1.82, 2.24) is 4.90 Å². The van der Waals surface area contributed by atoms with Crippen molar-refractivity contribution in [3.8, 4) is 5.75 Å². The average Bonchev–Trinajstić information content (AvgIpc) is 2.58. The van der Waals surface area contributed by atoms with E-state index < -0.39 is 30.1 Å². The molecule has 25 heavy (non-hydrogen) atoms. The molecule has 0 radical (unpaired) electrons. The van der Waals surface area contributed by atoms with Crippen molar-refractivity contribution in [2.45, 2.75) is 13.0 Å². The van der Waals surface area contributed by atoms with E-state index in [4.69, 9.17) is 10.5 Å². The summed E-state index contributed by atoms with van der Waals surface area (Å²) < 4.78 is 31.6. The van der Waals surface area contributed by atoms with Gasteiger partial charge in [0.15, 0.2) is 18.2 Å². The Bertz CT molecular complexity index is 738. The van der Waals surface area contributed by atoms with Gasteiger partial charge in [-0.05, 0) is 17.7 Å². The van der Waals surface area contributed by atoms with Gasteiger partial charge in [-0.2, -0.15) is 0 Å². The molecule has 2 aromatic carbocycles. The van der Waals surface area contributed by atoms with Crippen molar-refractivity contribution >= 4 is 11.8 Å². The largest absolute Gasteiger partial charge is 0.481 e. The number of ether oxygens (including phenoxy) is 1. The Hall–Kier alpha value is -2.96. The van der Waals surface area contributed by atoms with Gasteiger partial charge in [-0.3, -0.25) is 9.59 Å². The van der Waals surface area contributed by atoms with E-state index in [0.29, 0.717) is 6.07 Å². The maximum Gasteiger partial charge on any atom is 0.260 e. The van der Waals surface area contributed by atoms with Crippen LogP contribution in [0, 0.1) is 11.6 Å². The molecule has 0 saturated carbocycles. The molecule has 2 amide bonds. The second-order valence-corrected chi connectivity index (χ2v) is 5.38. The van der Waals surface area contributed by atoms with Crippen LogP contribution in [0.4, 0.5) is 8.78 Å². The van der Waals surface area contributed by atoms with Crippen molar-refractivity contribution < 1.29 is 23.1 Å². The van der Waals surface area contributed by atoms with E-state index in [0.717, 1.165) is 17.7 Å². The highest BCUT2D eigenvalue weighted by atomic mass is 19.1. The number of nitrogens with zero attached hydrogens (tertiary/aromatic N) is 1. The first-order valence-electron chi connectivity index (χ1n) is 7.63. The molecule has 0 fully saturated rings. The molecule has 0 aliphatic rings. The maximum atomic E-state index is 13.6. The third kappa shape index (κ3) is 5.87. The van der Waals surface area contributed by atoms with Crippen LogP contribution in [-0.4, -0.2) is 29.9 Å². The number of halogens is 2. The summed E-state index contributed by atoms with van der Waals surface area (Å²) in [6.45, 7) is -0.0469. The van der Waals surface area contributed by atoms with Crippen molar-refractivity contribution in [3.63, 3.8) is 0 Å². The molecule has 2 N–H and O–H groups in total. The highest BCUT2D eigenvalue weighted by molar-refractivity contribution is 5.79. The summed E-state index contributed by atoms with van der Waals surface area (Å²) in [5.41, 5.74) is 6.01. The van der Waals surface area contributed by atoms with Crippen molar-refractivity contribution in [2.24, 2.45) is 5.73 Å². The van der Waals surface area contributed by atoms with Crippen LogP contribution in [-0.2, 0) is 16.1 Å². The van der Waals surface area contributed by atoms with Crippen LogP contribution in [0.1, 0.15) is 12.0 Å². The summed E-state index contributed by atoms with van der Waals surface area (Å²) in [6, 6.07) is 12.0. The number of carbonyl (C=O) groups excluding carboxylic acids is 2. The summed E-state index contributed by atoms with van der Waals surface area (Å²) in [6.07, 6.45) is 0.00346. The number of amides is 2. The van der Waals surface area contributed by atoms with Crippen molar-refractivity contribution in [2.75, 3.05) is 13.2 Å². The molecule has 0 atom stereocenters. The Balaban J connectivity index is 2.02. The highest BCUT2D eigenvalue weighted by Gasteiger charge is 2.16. The van der Waals surface area contributed by atoms with Crippen molar-refractivity contribution in [1.29, 1.82) is 0 Å². The molecule has 5 nitrogen and oxygen atoms in total. The Morgan fingerprint density at radius 1 is 1.08 bits per heavy atom. The third-order valence-electron chi connectivity index (χ3n) is 3.44. The fourth-order valence-electron chi connectivity index (χ4n) is 2.16. The predicted molar refractivity (Wildman–Crippen MR) is 87.5 cm³/mol. The van der Waals surface area contributed by atoms with E-state index >= 15 is 0 Å². The smallest absolute Gasteiger partial charge is 0.260 e. The zero-order valence-corrected chi connectivity index (χ0v) is 13.5. The Morgan fingerprint density at radius 3 is 2.44 bits per heavy atom. The van der Waals surface area contributed by atoms with Crippen molar-refractivity contribution in [3.05, 3.63) is 65.7 Å². The number of nitrogens with two attached hydrogens (primary N) is 1. The molecule has 0 aliphatic heterocycles. The molecule has 2 aromatic rings. The van der Waals surface area contributed by atoms with Crippen LogP contribution in [0.15, 0.2) is 48.5 Å². The average molecular weight is 348 g/mol. The first kappa shape index (κ1) is 18.4. The highest BCUT2D eigenvalue weighted by Crippen LogP contribution is 2.17. The van der Waals surface area contributed by atoms with Gasteiger partial charge in [-0.1, -0.05) is 30.3 Å². The lowest BCUT2D eigenvalue weighted by molar-refractivity contribution is -0.134. The van der Waals surface area contributed by atoms with Crippen LogP contribution in [0.5, 0.6) is 5.75 Å². The number of hydrogen-bond donors (Lipinski definition) is 1. The fraction of sp³-hybridized carbons (Fsp3) is 0.222. The molecule has 0 heterocycles. The second-order valence-electron chi connectivity index (χ2n) is 5.38. The van der Waals surface area contributed by atoms with Gasteiger partial charge in [-0.15, -0.1) is 0 Å². The van der Waals surface area contributed by atoms with E-state index in [1.54, 1.807) is 0 Å². The Kier molecular flexibility index (Phi) is 6.45. The van der Waals surface area contributed by atoms with Gasteiger partial charge < -0.3 is 15.4 Å². The minimum atomic E-state index is -0.889. The van der Waals surface area contributed by atoms with Crippen LogP contribution in [0.25, 0.3) is 0 Å². The van der Waals surface area contributed by atoms with Crippen LogP contribution in [0.3, 0.4) is 0 Å². The lowest BCUT2D eigenvalue weighted by Gasteiger charge is -2.22. The Morgan fingerprint density at radius 2 is 1.80 bits per heavy atom. The lowest BCUT2D eigenvalue weighted by Crippen LogP contribution is -2.36. The molecule has 0 bridgehead atoms. The van der Waals surface area contributed by atoms with Gasteiger partial charge in [0.25, 0.3) is 5.91 Å². The molecule has 0 aliphatic carbocycles. The minimum Gasteiger partial charge on any atom is -0.481 e. The van der Waals surface area contributed by atoms with E-state index in [9.17, 15) is 18.4 Å². The topological polar surface area (TPSA) is 72.6 Å². The number of hydrogen-bond acceptors (Lipinski definition) is 3. The summed E-state index contributed by atoms with van der Waals surface area (Å²) in [5, 5.41) is 0. The third-order valence-corrected chi connectivity index (χ3v) is 3.44. The molecule has 0 aromatic heterocycles. The summed E-state index contributed by atoms with van der Waals surface area (Å²) in [5.74, 6) is -2.81. The van der Waals surface area contributed by atoms with Crippen LogP contribution < -0.4 is 10.5 Å². The maximum absolute atomic E-state index is 13.6.